The predicted molar refractivity (Wildman–Crippen MR) is 82.0 cm³/mol. The lowest BCUT2D eigenvalue weighted by Gasteiger charge is -2.35. The van der Waals surface area contributed by atoms with Crippen LogP contribution in [0.2, 0.25) is 0 Å². The number of nitrogens with zero attached hydrogens (tertiary/aromatic N) is 1. The highest BCUT2D eigenvalue weighted by molar-refractivity contribution is 5.14. The molecular weight excluding hydrogens is 248 g/mol. The Bertz CT molecular complexity index is 395. The van der Waals surface area contributed by atoms with E-state index in [0.29, 0.717) is 12.1 Å². The summed E-state index contributed by atoms with van der Waals surface area (Å²) in [4.78, 5) is 2.61. The number of fused-ring (bicyclic) bond motifs is 1. The van der Waals surface area contributed by atoms with Crippen LogP contribution in [0.5, 0.6) is 0 Å². The van der Waals surface area contributed by atoms with Crippen LogP contribution in [0.25, 0.3) is 0 Å². The SMILES string of the molecule is c1ccc(CCCNCC2CN3CCCC3CO2)cc1. The minimum atomic E-state index is 0.390. The van der Waals surface area contributed by atoms with Gasteiger partial charge in [0.05, 0.1) is 12.7 Å². The van der Waals surface area contributed by atoms with Gasteiger partial charge in [0.15, 0.2) is 0 Å². The summed E-state index contributed by atoms with van der Waals surface area (Å²) in [5, 5.41) is 3.55. The molecular formula is C17H26N2O. The number of morpholine rings is 1. The first kappa shape index (κ1) is 14.1. The molecule has 20 heavy (non-hydrogen) atoms. The number of benzene rings is 1. The van der Waals surface area contributed by atoms with Crippen molar-refractivity contribution >= 4 is 0 Å². The zero-order valence-electron chi connectivity index (χ0n) is 12.3. The molecule has 110 valence electrons. The minimum absolute atomic E-state index is 0.390. The van der Waals surface area contributed by atoms with Gasteiger partial charge >= 0.3 is 0 Å². The van der Waals surface area contributed by atoms with Crippen LogP contribution >= 0.6 is 0 Å². The van der Waals surface area contributed by atoms with E-state index in [-0.39, 0.29) is 0 Å². The number of rotatable bonds is 6. The lowest BCUT2D eigenvalue weighted by molar-refractivity contribution is -0.0468. The first-order valence-corrected chi connectivity index (χ1v) is 8.02. The third kappa shape index (κ3) is 3.81. The maximum Gasteiger partial charge on any atom is 0.0826 e. The summed E-state index contributed by atoms with van der Waals surface area (Å²) in [6.07, 6.45) is 5.43. The highest BCUT2D eigenvalue weighted by atomic mass is 16.5. The summed E-state index contributed by atoms with van der Waals surface area (Å²) in [6.45, 7) is 5.42. The summed E-state index contributed by atoms with van der Waals surface area (Å²) in [5.41, 5.74) is 1.43. The number of ether oxygens (including phenoxy) is 1. The van der Waals surface area contributed by atoms with E-state index in [9.17, 15) is 0 Å². The Morgan fingerprint density at radius 3 is 3.05 bits per heavy atom. The van der Waals surface area contributed by atoms with Gasteiger partial charge in [-0.05, 0) is 44.3 Å². The summed E-state index contributed by atoms with van der Waals surface area (Å²) in [7, 11) is 0. The fourth-order valence-electron chi connectivity index (χ4n) is 3.33. The lowest BCUT2D eigenvalue weighted by Crippen LogP contribution is -2.49. The van der Waals surface area contributed by atoms with Gasteiger partial charge in [-0.3, -0.25) is 4.90 Å². The monoisotopic (exact) mass is 274 g/mol. The maximum absolute atomic E-state index is 5.95. The molecule has 2 atom stereocenters. The molecule has 2 fully saturated rings. The Morgan fingerprint density at radius 1 is 1.25 bits per heavy atom. The second-order valence-electron chi connectivity index (χ2n) is 6.04. The molecule has 2 aliphatic heterocycles. The van der Waals surface area contributed by atoms with Crippen molar-refractivity contribution in [3.8, 4) is 0 Å². The fraction of sp³-hybridized carbons (Fsp3) is 0.647. The van der Waals surface area contributed by atoms with Crippen molar-refractivity contribution < 1.29 is 4.74 Å². The van der Waals surface area contributed by atoms with E-state index in [0.717, 1.165) is 32.7 Å². The fourth-order valence-corrected chi connectivity index (χ4v) is 3.33. The first-order chi connectivity index (χ1) is 9.92. The van der Waals surface area contributed by atoms with E-state index >= 15 is 0 Å². The molecule has 0 amide bonds. The molecule has 1 N–H and O–H groups in total. The summed E-state index contributed by atoms with van der Waals surface area (Å²) in [5.74, 6) is 0. The summed E-state index contributed by atoms with van der Waals surface area (Å²) >= 11 is 0. The van der Waals surface area contributed by atoms with Crippen LogP contribution in [0.1, 0.15) is 24.8 Å². The molecule has 3 heteroatoms. The molecule has 0 aliphatic carbocycles. The number of aryl methyl sites for hydroxylation is 1. The molecule has 0 bridgehead atoms. The predicted octanol–water partition coefficient (Wildman–Crippen LogP) is 2.07. The molecule has 0 saturated carbocycles. The van der Waals surface area contributed by atoms with Crippen LogP contribution in [-0.2, 0) is 11.2 Å². The van der Waals surface area contributed by atoms with Gasteiger partial charge in [-0.15, -0.1) is 0 Å². The quantitative estimate of drug-likeness (QED) is 0.804. The van der Waals surface area contributed by atoms with Crippen molar-refractivity contribution in [1.29, 1.82) is 0 Å². The molecule has 3 rings (SSSR count). The largest absolute Gasteiger partial charge is 0.374 e. The van der Waals surface area contributed by atoms with Crippen molar-refractivity contribution in [2.75, 3.05) is 32.8 Å². The average molecular weight is 274 g/mol. The van der Waals surface area contributed by atoms with Crippen molar-refractivity contribution in [2.24, 2.45) is 0 Å². The van der Waals surface area contributed by atoms with Crippen LogP contribution in [-0.4, -0.2) is 49.8 Å². The molecule has 3 nitrogen and oxygen atoms in total. The van der Waals surface area contributed by atoms with E-state index in [1.807, 2.05) is 0 Å². The Hall–Kier alpha value is -0.900. The third-order valence-corrected chi connectivity index (χ3v) is 4.50. The number of hydrogen-bond acceptors (Lipinski definition) is 3. The number of hydrogen-bond donors (Lipinski definition) is 1. The summed E-state index contributed by atoms with van der Waals surface area (Å²) < 4.78 is 5.95. The molecule has 2 unspecified atom stereocenters. The van der Waals surface area contributed by atoms with Gasteiger partial charge < -0.3 is 10.1 Å². The van der Waals surface area contributed by atoms with Gasteiger partial charge in [0, 0.05) is 19.1 Å². The Balaban J connectivity index is 1.28. The highest BCUT2D eigenvalue weighted by Gasteiger charge is 2.31. The Labute approximate surface area is 122 Å². The zero-order valence-corrected chi connectivity index (χ0v) is 12.3. The van der Waals surface area contributed by atoms with Crippen molar-refractivity contribution in [2.45, 2.75) is 37.8 Å². The Kier molecular flexibility index (Phi) is 5.06. The van der Waals surface area contributed by atoms with E-state index < -0.39 is 0 Å². The van der Waals surface area contributed by atoms with Crippen molar-refractivity contribution in [3.63, 3.8) is 0 Å². The second-order valence-corrected chi connectivity index (χ2v) is 6.04. The minimum Gasteiger partial charge on any atom is -0.374 e. The van der Waals surface area contributed by atoms with E-state index in [4.69, 9.17) is 4.74 Å². The van der Waals surface area contributed by atoms with E-state index in [1.165, 1.54) is 31.4 Å². The van der Waals surface area contributed by atoms with Crippen LogP contribution in [0.3, 0.4) is 0 Å². The molecule has 2 saturated heterocycles. The van der Waals surface area contributed by atoms with Crippen LogP contribution in [0.4, 0.5) is 0 Å². The standard InChI is InChI=1S/C17H26N2O/c1-2-6-15(7-3-1)8-4-10-18-12-17-13-19-11-5-9-16(19)14-20-17/h1-3,6-7,16-18H,4-5,8-14H2. The highest BCUT2D eigenvalue weighted by Crippen LogP contribution is 2.22. The topological polar surface area (TPSA) is 24.5 Å². The van der Waals surface area contributed by atoms with E-state index in [2.05, 4.69) is 40.5 Å². The molecule has 1 aromatic rings. The normalized spacial score (nSPS) is 26.6. The second kappa shape index (κ2) is 7.21. The van der Waals surface area contributed by atoms with Gasteiger partial charge in [-0.25, -0.2) is 0 Å². The van der Waals surface area contributed by atoms with E-state index in [1.54, 1.807) is 0 Å². The lowest BCUT2D eigenvalue weighted by atomic mass is 10.1. The molecule has 2 heterocycles. The molecule has 0 spiro atoms. The Morgan fingerprint density at radius 2 is 2.15 bits per heavy atom. The van der Waals surface area contributed by atoms with Gasteiger partial charge in [-0.2, -0.15) is 0 Å². The molecule has 0 aromatic heterocycles. The maximum atomic E-state index is 5.95. The van der Waals surface area contributed by atoms with Gasteiger partial charge in [0.25, 0.3) is 0 Å². The van der Waals surface area contributed by atoms with Crippen LogP contribution in [0, 0.1) is 0 Å². The van der Waals surface area contributed by atoms with Crippen molar-refractivity contribution in [3.05, 3.63) is 35.9 Å². The van der Waals surface area contributed by atoms with Gasteiger partial charge in [0.2, 0.25) is 0 Å². The third-order valence-electron chi connectivity index (χ3n) is 4.50. The first-order valence-electron chi connectivity index (χ1n) is 8.02. The van der Waals surface area contributed by atoms with Crippen molar-refractivity contribution in [1.82, 2.24) is 10.2 Å². The average Bonchev–Trinajstić information content (AvgIpc) is 2.95. The molecule has 1 aromatic carbocycles. The smallest absolute Gasteiger partial charge is 0.0826 e. The van der Waals surface area contributed by atoms with Crippen LogP contribution in [0.15, 0.2) is 30.3 Å². The van der Waals surface area contributed by atoms with Crippen LogP contribution < -0.4 is 5.32 Å². The summed E-state index contributed by atoms with van der Waals surface area (Å²) in [6, 6.07) is 11.4. The van der Waals surface area contributed by atoms with Gasteiger partial charge in [0.1, 0.15) is 0 Å². The zero-order chi connectivity index (χ0) is 13.6. The molecule has 2 aliphatic rings. The van der Waals surface area contributed by atoms with Gasteiger partial charge in [-0.1, -0.05) is 30.3 Å². The molecule has 0 radical (unpaired) electrons. The number of nitrogens with one attached hydrogen (secondary N) is 1.